The van der Waals surface area contributed by atoms with E-state index in [1.54, 1.807) is 23.6 Å². The van der Waals surface area contributed by atoms with Crippen LogP contribution in [0.15, 0.2) is 47.9 Å². The van der Waals surface area contributed by atoms with E-state index in [1.165, 1.54) is 5.56 Å². The van der Waals surface area contributed by atoms with Crippen LogP contribution in [0, 0.1) is 6.92 Å². The van der Waals surface area contributed by atoms with E-state index in [1.807, 2.05) is 49.6 Å². The van der Waals surface area contributed by atoms with Gasteiger partial charge in [-0.15, -0.1) is 5.10 Å². The second kappa shape index (κ2) is 7.23. The van der Waals surface area contributed by atoms with Gasteiger partial charge in [0, 0.05) is 18.1 Å². The van der Waals surface area contributed by atoms with Crippen LogP contribution in [0.5, 0.6) is 5.75 Å². The zero-order chi connectivity index (χ0) is 16.1. The normalized spacial score (nSPS) is 10.7. The molecule has 3 rings (SSSR count). The van der Waals surface area contributed by atoms with Crippen molar-refractivity contribution in [1.82, 2.24) is 25.2 Å². The van der Waals surface area contributed by atoms with Gasteiger partial charge in [-0.3, -0.25) is 4.98 Å². The first-order valence-electron chi connectivity index (χ1n) is 7.23. The molecule has 0 aliphatic carbocycles. The van der Waals surface area contributed by atoms with Crippen molar-refractivity contribution in [3.8, 4) is 11.4 Å². The molecule has 0 aliphatic heterocycles. The topological polar surface area (TPSA) is 65.7 Å². The molecule has 118 valence electrons. The quantitative estimate of drug-likeness (QED) is 0.649. The summed E-state index contributed by atoms with van der Waals surface area (Å²) < 4.78 is 7.15. The summed E-state index contributed by atoms with van der Waals surface area (Å²) in [6, 6.07) is 9.99. The molecule has 2 aromatic heterocycles. The summed E-state index contributed by atoms with van der Waals surface area (Å²) in [5, 5.41) is 12.8. The summed E-state index contributed by atoms with van der Waals surface area (Å²) in [6.45, 7) is 2.03. The van der Waals surface area contributed by atoms with Crippen molar-refractivity contribution in [3.63, 3.8) is 0 Å². The third kappa shape index (κ3) is 3.68. The summed E-state index contributed by atoms with van der Waals surface area (Å²) in [5.74, 6) is 1.64. The molecule has 0 bridgehead atoms. The first-order valence-corrected chi connectivity index (χ1v) is 8.21. The third-order valence-electron chi connectivity index (χ3n) is 3.37. The number of hydrogen-bond acceptors (Lipinski definition) is 6. The van der Waals surface area contributed by atoms with Crippen LogP contribution in [0.4, 0.5) is 0 Å². The van der Waals surface area contributed by atoms with Gasteiger partial charge in [-0.25, -0.2) is 0 Å². The van der Waals surface area contributed by atoms with Gasteiger partial charge in [-0.1, -0.05) is 17.8 Å². The number of ether oxygens (including phenoxy) is 1. The van der Waals surface area contributed by atoms with Crippen LogP contribution < -0.4 is 4.74 Å². The van der Waals surface area contributed by atoms with E-state index in [9.17, 15) is 0 Å². The molecule has 0 spiro atoms. The highest BCUT2D eigenvalue weighted by Gasteiger charge is 2.13. The van der Waals surface area contributed by atoms with Gasteiger partial charge in [0.25, 0.3) is 0 Å². The molecule has 1 aromatic carbocycles. The molecular weight excluding hydrogens is 310 g/mol. The lowest BCUT2D eigenvalue weighted by Crippen LogP contribution is -2.03. The minimum Gasteiger partial charge on any atom is -0.494 e. The van der Waals surface area contributed by atoms with Crippen LogP contribution in [0.25, 0.3) is 5.69 Å². The lowest BCUT2D eigenvalue weighted by molar-refractivity contribution is 0.410. The van der Waals surface area contributed by atoms with Crippen LogP contribution >= 0.6 is 11.8 Å². The number of pyridine rings is 1. The largest absolute Gasteiger partial charge is 0.494 e. The Morgan fingerprint density at radius 2 is 2.00 bits per heavy atom. The molecule has 0 aliphatic rings. The van der Waals surface area contributed by atoms with Crippen LogP contribution in [0.2, 0.25) is 0 Å². The fraction of sp³-hybridized carbons (Fsp3) is 0.250. The Morgan fingerprint density at radius 1 is 1.17 bits per heavy atom. The monoisotopic (exact) mass is 327 g/mol. The molecule has 2 heterocycles. The molecule has 0 atom stereocenters. The maximum atomic E-state index is 5.42. The Bertz CT molecular complexity index is 775. The van der Waals surface area contributed by atoms with Crippen molar-refractivity contribution in [2.75, 3.05) is 12.9 Å². The molecule has 6 nitrogen and oxygen atoms in total. The second-order valence-electron chi connectivity index (χ2n) is 5.00. The average molecular weight is 327 g/mol. The highest BCUT2D eigenvalue weighted by atomic mass is 32.2. The molecule has 3 aromatic rings. The van der Waals surface area contributed by atoms with Gasteiger partial charge < -0.3 is 4.74 Å². The predicted molar refractivity (Wildman–Crippen MR) is 89.1 cm³/mol. The highest BCUT2D eigenvalue weighted by Crippen LogP contribution is 2.27. The van der Waals surface area contributed by atoms with E-state index >= 15 is 0 Å². The van der Waals surface area contributed by atoms with Gasteiger partial charge >= 0.3 is 0 Å². The molecule has 0 saturated heterocycles. The zero-order valence-corrected chi connectivity index (χ0v) is 13.8. The third-order valence-corrected chi connectivity index (χ3v) is 4.30. The first kappa shape index (κ1) is 15.5. The van der Waals surface area contributed by atoms with Crippen molar-refractivity contribution < 1.29 is 4.74 Å². The van der Waals surface area contributed by atoms with Crippen molar-refractivity contribution in [2.45, 2.75) is 18.5 Å². The number of methoxy groups -OCH3 is 1. The van der Waals surface area contributed by atoms with Crippen LogP contribution in [-0.4, -0.2) is 38.1 Å². The van der Waals surface area contributed by atoms with E-state index in [0.717, 1.165) is 34.3 Å². The molecule has 7 heteroatoms. The Balaban J connectivity index is 1.76. The number of benzene rings is 1. The Labute approximate surface area is 138 Å². The van der Waals surface area contributed by atoms with Gasteiger partial charge in [0.2, 0.25) is 5.16 Å². The number of rotatable bonds is 6. The molecular formula is C16H17N5OS. The minimum absolute atomic E-state index is 0.749. The number of aromatic nitrogens is 5. The van der Waals surface area contributed by atoms with Gasteiger partial charge in [-0.2, -0.15) is 4.68 Å². The minimum atomic E-state index is 0.749. The zero-order valence-electron chi connectivity index (χ0n) is 13.0. The van der Waals surface area contributed by atoms with E-state index in [-0.39, 0.29) is 0 Å². The molecule has 0 amide bonds. The van der Waals surface area contributed by atoms with Crippen LogP contribution in [0.3, 0.4) is 0 Å². The van der Waals surface area contributed by atoms with Crippen molar-refractivity contribution in [3.05, 3.63) is 53.9 Å². The lowest BCUT2D eigenvalue weighted by atomic mass is 10.2. The average Bonchev–Trinajstić information content (AvgIpc) is 3.04. The summed E-state index contributed by atoms with van der Waals surface area (Å²) >= 11 is 1.62. The SMILES string of the molecule is COc1ccc(C)cc1-n1nnnc1SCCc1ccncc1. The number of aryl methyl sites for hydroxylation is 2. The summed E-state index contributed by atoms with van der Waals surface area (Å²) in [6.07, 6.45) is 4.55. The fourth-order valence-corrected chi connectivity index (χ4v) is 3.07. The number of hydrogen-bond donors (Lipinski definition) is 0. The maximum Gasteiger partial charge on any atom is 0.214 e. The smallest absolute Gasteiger partial charge is 0.214 e. The summed E-state index contributed by atoms with van der Waals surface area (Å²) in [4.78, 5) is 4.03. The Kier molecular flexibility index (Phi) is 4.87. The fourth-order valence-electron chi connectivity index (χ4n) is 2.20. The van der Waals surface area contributed by atoms with Gasteiger partial charge in [0.05, 0.1) is 7.11 Å². The van der Waals surface area contributed by atoms with Gasteiger partial charge in [0.1, 0.15) is 11.4 Å². The lowest BCUT2D eigenvalue weighted by Gasteiger charge is -2.10. The first-order chi connectivity index (χ1) is 11.3. The second-order valence-corrected chi connectivity index (χ2v) is 6.06. The van der Waals surface area contributed by atoms with Crippen molar-refractivity contribution in [2.24, 2.45) is 0 Å². The van der Waals surface area contributed by atoms with E-state index in [0.29, 0.717) is 0 Å². The number of nitrogens with zero attached hydrogens (tertiary/aromatic N) is 5. The van der Waals surface area contributed by atoms with Crippen LogP contribution in [0.1, 0.15) is 11.1 Å². The number of thioether (sulfide) groups is 1. The molecule has 0 N–H and O–H groups in total. The van der Waals surface area contributed by atoms with E-state index in [4.69, 9.17) is 4.74 Å². The molecule has 0 unspecified atom stereocenters. The highest BCUT2D eigenvalue weighted by molar-refractivity contribution is 7.99. The summed E-state index contributed by atoms with van der Waals surface area (Å²) in [7, 11) is 1.65. The maximum absolute atomic E-state index is 5.42. The van der Waals surface area contributed by atoms with Crippen LogP contribution in [-0.2, 0) is 6.42 Å². The van der Waals surface area contributed by atoms with Crippen molar-refractivity contribution in [1.29, 1.82) is 0 Å². The summed E-state index contributed by atoms with van der Waals surface area (Å²) in [5.41, 5.74) is 3.23. The van der Waals surface area contributed by atoms with Crippen molar-refractivity contribution >= 4 is 11.8 Å². The van der Waals surface area contributed by atoms with E-state index in [2.05, 4.69) is 20.5 Å². The molecule has 0 saturated carbocycles. The predicted octanol–water partition coefficient (Wildman–Crippen LogP) is 2.71. The Morgan fingerprint density at radius 3 is 2.78 bits per heavy atom. The molecule has 0 radical (unpaired) electrons. The van der Waals surface area contributed by atoms with E-state index < -0.39 is 0 Å². The standard InChI is InChI=1S/C16H17N5OS/c1-12-3-4-15(22-2)14(11-12)21-16(18-19-20-21)23-10-7-13-5-8-17-9-6-13/h3-6,8-9,11H,7,10H2,1-2H3. The molecule has 0 fully saturated rings. The Hall–Kier alpha value is -2.41. The molecule has 23 heavy (non-hydrogen) atoms. The van der Waals surface area contributed by atoms with Gasteiger partial charge in [0.15, 0.2) is 0 Å². The number of tetrazole rings is 1. The van der Waals surface area contributed by atoms with Gasteiger partial charge in [-0.05, 0) is 59.2 Å².